The van der Waals surface area contributed by atoms with Gasteiger partial charge in [-0.15, -0.1) is 24.0 Å². The Hall–Kier alpha value is -2.40. The number of aryl methyl sites for hydroxylation is 1. The number of benzene rings is 1. The van der Waals surface area contributed by atoms with E-state index in [0.29, 0.717) is 19.0 Å². The molecule has 2 aromatic heterocycles. The van der Waals surface area contributed by atoms with E-state index in [-0.39, 0.29) is 24.0 Å². The topological polar surface area (TPSA) is 92.3 Å². The van der Waals surface area contributed by atoms with Gasteiger partial charge in [0.15, 0.2) is 5.96 Å². The number of guanidine groups is 1. The molecule has 3 aromatic rings. The number of aliphatic imine (C=N–C) groups is 1. The largest absolute Gasteiger partial charge is 0.383 e. The lowest BCUT2D eigenvalue weighted by atomic mass is 10.00. The van der Waals surface area contributed by atoms with Crippen LogP contribution >= 0.6 is 24.0 Å². The van der Waals surface area contributed by atoms with E-state index in [4.69, 9.17) is 0 Å². The maximum Gasteiger partial charge on any atom is 0.191 e. The zero-order valence-electron chi connectivity index (χ0n) is 17.6. The molecule has 30 heavy (non-hydrogen) atoms. The average Bonchev–Trinajstić information content (AvgIpc) is 3.36. The van der Waals surface area contributed by atoms with Crippen LogP contribution in [0.5, 0.6) is 0 Å². The molecule has 0 aliphatic carbocycles. The number of rotatable bonds is 8. The Morgan fingerprint density at radius 3 is 2.73 bits per heavy atom. The smallest absolute Gasteiger partial charge is 0.191 e. The molecule has 0 bridgehead atoms. The minimum atomic E-state index is -1.05. The fraction of sp³-hybridized carbons (Fsp3) is 0.381. The van der Waals surface area contributed by atoms with Crippen molar-refractivity contribution >= 4 is 29.9 Å². The molecule has 0 saturated carbocycles. The van der Waals surface area contributed by atoms with Crippen molar-refractivity contribution in [3.05, 3.63) is 72.1 Å². The number of imidazole rings is 1. The van der Waals surface area contributed by atoms with Gasteiger partial charge < -0.3 is 20.3 Å². The van der Waals surface area contributed by atoms with Gasteiger partial charge in [-0.2, -0.15) is 5.10 Å². The molecule has 1 aromatic carbocycles. The molecular formula is C21H30IN7O. The zero-order chi connectivity index (χ0) is 20.7. The number of halogens is 1. The second-order valence-corrected chi connectivity index (χ2v) is 7.28. The molecule has 0 radical (unpaired) electrons. The van der Waals surface area contributed by atoms with Crippen molar-refractivity contribution < 1.29 is 5.11 Å². The van der Waals surface area contributed by atoms with Crippen LogP contribution in [0, 0.1) is 0 Å². The summed E-state index contributed by atoms with van der Waals surface area (Å²) in [5.41, 5.74) is 2.04. The highest BCUT2D eigenvalue weighted by atomic mass is 127. The van der Waals surface area contributed by atoms with Crippen LogP contribution in [-0.2, 0) is 25.7 Å². The van der Waals surface area contributed by atoms with Gasteiger partial charge in [-0.3, -0.25) is 4.68 Å². The first-order valence-electron chi connectivity index (χ1n) is 9.73. The van der Waals surface area contributed by atoms with Crippen molar-refractivity contribution in [3.63, 3.8) is 0 Å². The molecule has 1 atom stereocenters. The summed E-state index contributed by atoms with van der Waals surface area (Å²) in [5.74, 6) is 0.664. The summed E-state index contributed by atoms with van der Waals surface area (Å²) >= 11 is 0. The van der Waals surface area contributed by atoms with Crippen LogP contribution in [0.4, 0.5) is 0 Å². The first-order valence-corrected chi connectivity index (χ1v) is 9.73. The summed E-state index contributed by atoms with van der Waals surface area (Å²) < 4.78 is 3.72. The van der Waals surface area contributed by atoms with Crippen molar-refractivity contribution in [2.24, 2.45) is 12.0 Å². The summed E-state index contributed by atoms with van der Waals surface area (Å²) in [7, 11) is 1.83. The first kappa shape index (κ1) is 23.9. The number of hydrogen-bond donors (Lipinski definition) is 3. The lowest BCUT2D eigenvalue weighted by Gasteiger charge is -2.23. The Kier molecular flexibility index (Phi) is 8.85. The second kappa shape index (κ2) is 11.1. The summed E-state index contributed by atoms with van der Waals surface area (Å²) in [6.45, 7) is 6.17. The minimum absolute atomic E-state index is 0. The van der Waals surface area contributed by atoms with Crippen molar-refractivity contribution in [1.29, 1.82) is 0 Å². The van der Waals surface area contributed by atoms with Crippen LogP contribution in [0.1, 0.15) is 30.5 Å². The van der Waals surface area contributed by atoms with E-state index in [2.05, 4.69) is 43.9 Å². The zero-order valence-corrected chi connectivity index (χ0v) is 19.9. The standard InChI is InChI=1S/C21H29N7O.HI/c1-4-23-20(25-15-21(2,29)19-12-26-27(3)14-19)24-11-17-6-5-7-18(10-17)13-28-9-8-22-16-28;/h5-10,12,14,16,29H,4,11,13,15H2,1-3H3,(H2,23,24,25);1H. The number of hydrogen-bond acceptors (Lipinski definition) is 4. The third-order valence-corrected chi connectivity index (χ3v) is 4.61. The van der Waals surface area contributed by atoms with E-state index in [1.807, 2.05) is 43.3 Å². The lowest BCUT2D eigenvalue weighted by molar-refractivity contribution is 0.0616. The number of aromatic nitrogens is 4. The SMILES string of the molecule is CCNC(=NCc1cccc(Cn2ccnc2)c1)NCC(C)(O)c1cnn(C)c1.I. The molecule has 3 N–H and O–H groups in total. The number of nitrogens with one attached hydrogen (secondary N) is 2. The summed E-state index contributed by atoms with van der Waals surface area (Å²) in [6, 6.07) is 8.36. The number of aliphatic hydroxyl groups is 1. The van der Waals surface area contributed by atoms with Crippen molar-refractivity contribution in [2.45, 2.75) is 32.5 Å². The van der Waals surface area contributed by atoms with Gasteiger partial charge in [0.25, 0.3) is 0 Å². The summed E-state index contributed by atoms with van der Waals surface area (Å²) in [5, 5.41) is 21.3. The van der Waals surface area contributed by atoms with Crippen LogP contribution in [0.25, 0.3) is 0 Å². The third kappa shape index (κ3) is 6.84. The van der Waals surface area contributed by atoms with Gasteiger partial charge in [0.1, 0.15) is 5.60 Å². The Bertz CT molecular complexity index is 935. The fourth-order valence-corrected chi connectivity index (χ4v) is 2.99. The molecule has 1 unspecified atom stereocenters. The third-order valence-electron chi connectivity index (χ3n) is 4.61. The fourth-order valence-electron chi connectivity index (χ4n) is 2.99. The molecule has 0 amide bonds. The van der Waals surface area contributed by atoms with Gasteiger partial charge in [-0.05, 0) is 25.0 Å². The molecule has 0 spiro atoms. The Labute approximate surface area is 194 Å². The van der Waals surface area contributed by atoms with Crippen LogP contribution in [0.15, 0.2) is 60.4 Å². The van der Waals surface area contributed by atoms with Crippen molar-refractivity contribution in [1.82, 2.24) is 30.0 Å². The van der Waals surface area contributed by atoms with Crippen molar-refractivity contribution in [2.75, 3.05) is 13.1 Å². The van der Waals surface area contributed by atoms with Gasteiger partial charge in [0, 0.05) is 44.3 Å². The molecule has 2 heterocycles. The van der Waals surface area contributed by atoms with Crippen LogP contribution in [-0.4, -0.2) is 43.5 Å². The highest BCUT2D eigenvalue weighted by Gasteiger charge is 2.24. The second-order valence-electron chi connectivity index (χ2n) is 7.28. The Balaban J connectivity index is 0.00000320. The van der Waals surface area contributed by atoms with Gasteiger partial charge in [-0.1, -0.05) is 24.3 Å². The van der Waals surface area contributed by atoms with Crippen LogP contribution in [0.2, 0.25) is 0 Å². The predicted octanol–water partition coefficient (Wildman–Crippen LogP) is 2.25. The quantitative estimate of drug-likeness (QED) is 0.239. The van der Waals surface area contributed by atoms with Gasteiger partial charge in [-0.25, -0.2) is 9.98 Å². The molecule has 0 aliphatic rings. The highest BCUT2D eigenvalue weighted by molar-refractivity contribution is 14.0. The minimum Gasteiger partial charge on any atom is -0.383 e. The highest BCUT2D eigenvalue weighted by Crippen LogP contribution is 2.18. The maximum absolute atomic E-state index is 10.8. The molecule has 9 heteroatoms. The Morgan fingerprint density at radius 1 is 1.27 bits per heavy atom. The first-order chi connectivity index (χ1) is 14.0. The van der Waals surface area contributed by atoms with Crippen molar-refractivity contribution in [3.8, 4) is 0 Å². The van der Waals surface area contributed by atoms with Gasteiger partial charge >= 0.3 is 0 Å². The molecule has 0 fully saturated rings. The predicted molar refractivity (Wildman–Crippen MR) is 129 cm³/mol. The maximum atomic E-state index is 10.8. The molecule has 3 rings (SSSR count). The Morgan fingerprint density at radius 2 is 2.07 bits per heavy atom. The van der Waals surface area contributed by atoms with E-state index in [1.165, 1.54) is 5.56 Å². The summed E-state index contributed by atoms with van der Waals surface area (Å²) in [4.78, 5) is 8.75. The lowest BCUT2D eigenvalue weighted by Crippen LogP contribution is -2.44. The van der Waals surface area contributed by atoms with E-state index in [0.717, 1.165) is 24.2 Å². The molecule has 162 valence electrons. The van der Waals surface area contributed by atoms with Gasteiger partial charge in [0.2, 0.25) is 0 Å². The molecular weight excluding hydrogens is 493 g/mol. The monoisotopic (exact) mass is 523 g/mol. The molecule has 0 aliphatic heterocycles. The average molecular weight is 523 g/mol. The summed E-state index contributed by atoms with van der Waals surface area (Å²) in [6.07, 6.45) is 9.04. The molecule has 0 saturated heterocycles. The van der Waals surface area contributed by atoms with E-state index < -0.39 is 5.60 Å². The van der Waals surface area contributed by atoms with E-state index in [9.17, 15) is 5.11 Å². The normalized spacial score (nSPS) is 13.4. The van der Waals surface area contributed by atoms with Crippen LogP contribution < -0.4 is 10.6 Å². The van der Waals surface area contributed by atoms with Crippen LogP contribution in [0.3, 0.4) is 0 Å². The van der Waals surface area contributed by atoms with E-state index in [1.54, 1.807) is 24.0 Å². The molecule has 8 nitrogen and oxygen atoms in total. The number of nitrogens with zero attached hydrogens (tertiary/aromatic N) is 5. The van der Waals surface area contributed by atoms with Gasteiger partial charge in [0.05, 0.1) is 25.6 Å². The van der Waals surface area contributed by atoms with E-state index >= 15 is 0 Å².